The molecule has 2 aromatic carbocycles. The highest BCUT2D eigenvalue weighted by atomic mass is 16.3. The number of hydrogen-bond acceptors (Lipinski definition) is 4. The Bertz CT molecular complexity index is 977. The van der Waals surface area contributed by atoms with Gasteiger partial charge in [0.15, 0.2) is 6.10 Å². The van der Waals surface area contributed by atoms with Crippen LogP contribution in [0.15, 0.2) is 48.5 Å². The van der Waals surface area contributed by atoms with Gasteiger partial charge in [0.05, 0.1) is 6.04 Å². The summed E-state index contributed by atoms with van der Waals surface area (Å²) in [7, 11) is 0. The minimum Gasteiger partial charge on any atom is -0.508 e. The lowest BCUT2D eigenvalue weighted by molar-refractivity contribution is -0.144. The summed E-state index contributed by atoms with van der Waals surface area (Å²) in [5.41, 5.74) is 1.72. The van der Waals surface area contributed by atoms with Crippen LogP contribution < -0.4 is 5.32 Å². The predicted octanol–water partition coefficient (Wildman–Crippen LogP) is 3.44. The summed E-state index contributed by atoms with van der Waals surface area (Å²) < 4.78 is 0. The van der Waals surface area contributed by atoms with Crippen LogP contribution >= 0.6 is 0 Å². The number of carbonyl (C=O) groups is 2. The van der Waals surface area contributed by atoms with Crippen molar-refractivity contribution in [3.8, 4) is 5.75 Å². The molecule has 1 saturated carbocycles. The Morgan fingerprint density at radius 2 is 1.76 bits per heavy atom. The van der Waals surface area contributed by atoms with Crippen molar-refractivity contribution in [2.24, 2.45) is 11.8 Å². The second kappa shape index (κ2) is 10.4. The summed E-state index contributed by atoms with van der Waals surface area (Å²) in [4.78, 5) is 28.2. The number of aromatic hydroxyl groups is 1. The molecule has 6 nitrogen and oxygen atoms in total. The highest BCUT2D eigenvalue weighted by Crippen LogP contribution is 2.36. The third kappa shape index (κ3) is 5.38. The molecule has 1 aliphatic carbocycles. The lowest BCUT2D eigenvalue weighted by Gasteiger charge is -2.42. The van der Waals surface area contributed by atoms with E-state index < -0.39 is 18.1 Å². The molecule has 2 aliphatic rings. The molecule has 4 atom stereocenters. The van der Waals surface area contributed by atoms with Crippen molar-refractivity contribution in [1.29, 1.82) is 0 Å². The monoisotopic (exact) mass is 450 g/mol. The quantitative estimate of drug-likeness (QED) is 0.629. The molecule has 3 N–H and O–H groups in total. The second-order valence-corrected chi connectivity index (χ2v) is 9.54. The molecular weight excluding hydrogens is 416 g/mol. The normalized spacial score (nSPS) is 22.2. The third-order valence-corrected chi connectivity index (χ3v) is 7.40. The van der Waals surface area contributed by atoms with Crippen molar-refractivity contribution in [1.82, 2.24) is 10.2 Å². The van der Waals surface area contributed by atoms with Gasteiger partial charge in [0.1, 0.15) is 5.75 Å². The molecule has 0 radical (unpaired) electrons. The van der Waals surface area contributed by atoms with E-state index in [1.807, 2.05) is 30.3 Å². The molecule has 1 heterocycles. The lowest BCUT2D eigenvalue weighted by atomic mass is 9.75. The van der Waals surface area contributed by atoms with Gasteiger partial charge in [-0.15, -0.1) is 0 Å². The van der Waals surface area contributed by atoms with E-state index in [9.17, 15) is 19.8 Å². The second-order valence-electron chi connectivity index (χ2n) is 9.54. The SMILES string of the molecule is Cc1c(O)cccc1C(=O)N[C@@H](Cc1ccccc1)[C@H](O)C(=O)N1CC[C@@H]2CCCC[C@@H]2C1. The van der Waals surface area contributed by atoms with Crippen LogP contribution in [-0.4, -0.2) is 52.2 Å². The minimum absolute atomic E-state index is 0.0363. The zero-order valence-corrected chi connectivity index (χ0v) is 19.2. The largest absolute Gasteiger partial charge is 0.508 e. The van der Waals surface area contributed by atoms with E-state index in [1.165, 1.54) is 25.3 Å². The first-order chi connectivity index (χ1) is 15.9. The van der Waals surface area contributed by atoms with Crippen LogP contribution in [0, 0.1) is 18.8 Å². The van der Waals surface area contributed by atoms with E-state index >= 15 is 0 Å². The van der Waals surface area contributed by atoms with Gasteiger partial charge in [-0.3, -0.25) is 9.59 Å². The molecule has 2 amide bonds. The molecule has 0 aromatic heterocycles. The van der Waals surface area contributed by atoms with E-state index in [1.54, 1.807) is 24.0 Å². The molecule has 33 heavy (non-hydrogen) atoms. The predicted molar refractivity (Wildman–Crippen MR) is 127 cm³/mol. The molecule has 2 fully saturated rings. The number of aliphatic hydroxyl groups excluding tert-OH is 1. The Morgan fingerprint density at radius 3 is 2.52 bits per heavy atom. The summed E-state index contributed by atoms with van der Waals surface area (Å²) in [5.74, 6) is 0.513. The molecule has 4 rings (SSSR count). The summed E-state index contributed by atoms with van der Waals surface area (Å²) in [5, 5.41) is 24.0. The number of amides is 2. The van der Waals surface area contributed by atoms with Crippen LogP contribution in [0.5, 0.6) is 5.75 Å². The van der Waals surface area contributed by atoms with E-state index in [0.29, 0.717) is 42.5 Å². The van der Waals surface area contributed by atoms with Gasteiger partial charge in [0.25, 0.3) is 11.8 Å². The number of nitrogens with one attached hydrogen (secondary N) is 1. The highest BCUT2D eigenvalue weighted by molar-refractivity contribution is 5.97. The fourth-order valence-electron chi connectivity index (χ4n) is 5.39. The van der Waals surface area contributed by atoms with Gasteiger partial charge >= 0.3 is 0 Å². The van der Waals surface area contributed by atoms with Gasteiger partial charge in [0.2, 0.25) is 0 Å². The molecule has 6 heteroatoms. The van der Waals surface area contributed by atoms with E-state index in [2.05, 4.69) is 5.32 Å². The van der Waals surface area contributed by atoms with Gasteiger partial charge in [-0.1, -0.05) is 55.7 Å². The summed E-state index contributed by atoms with van der Waals surface area (Å²) in [6.45, 7) is 3.03. The Balaban J connectivity index is 1.51. The Morgan fingerprint density at radius 1 is 1.03 bits per heavy atom. The summed E-state index contributed by atoms with van der Waals surface area (Å²) in [6, 6.07) is 13.5. The summed E-state index contributed by atoms with van der Waals surface area (Å²) in [6.07, 6.45) is 4.85. The number of likely N-dealkylation sites (tertiary alicyclic amines) is 1. The number of piperidine rings is 1. The number of nitrogens with zero attached hydrogens (tertiary/aromatic N) is 1. The number of aliphatic hydroxyl groups is 1. The van der Waals surface area contributed by atoms with Crippen LogP contribution in [-0.2, 0) is 11.2 Å². The van der Waals surface area contributed by atoms with Gasteiger partial charge in [0, 0.05) is 24.2 Å². The fraction of sp³-hybridized carbons (Fsp3) is 0.481. The molecule has 176 valence electrons. The van der Waals surface area contributed by atoms with Crippen LogP contribution in [0.25, 0.3) is 0 Å². The Labute approximate surface area is 195 Å². The lowest BCUT2D eigenvalue weighted by Crippen LogP contribution is -2.55. The van der Waals surface area contributed by atoms with Crippen molar-refractivity contribution in [3.05, 3.63) is 65.2 Å². The van der Waals surface area contributed by atoms with Crippen LogP contribution in [0.3, 0.4) is 0 Å². The zero-order valence-electron chi connectivity index (χ0n) is 19.2. The summed E-state index contributed by atoms with van der Waals surface area (Å²) >= 11 is 0. The maximum absolute atomic E-state index is 13.3. The molecule has 2 aromatic rings. The average Bonchev–Trinajstić information content (AvgIpc) is 2.84. The molecule has 0 spiro atoms. The zero-order chi connectivity index (χ0) is 23.4. The molecule has 0 unspecified atom stereocenters. The number of hydrogen-bond donors (Lipinski definition) is 3. The van der Waals surface area contributed by atoms with Crippen molar-refractivity contribution < 1.29 is 19.8 Å². The topological polar surface area (TPSA) is 89.9 Å². The van der Waals surface area contributed by atoms with E-state index in [0.717, 1.165) is 18.4 Å². The molecule has 1 aliphatic heterocycles. The van der Waals surface area contributed by atoms with Gasteiger partial charge in [-0.2, -0.15) is 0 Å². The van der Waals surface area contributed by atoms with Crippen molar-refractivity contribution in [2.45, 2.75) is 57.6 Å². The van der Waals surface area contributed by atoms with Gasteiger partial charge in [-0.25, -0.2) is 0 Å². The highest BCUT2D eigenvalue weighted by Gasteiger charge is 2.37. The smallest absolute Gasteiger partial charge is 0.253 e. The van der Waals surface area contributed by atoms with E-state index in [4.69, 9.17) is 0 Å². The van der Waals surface area contributed by atoms with E-state index in [-0.39, 0.29) is 11.7 Å². The first-order valence-electron chi connectivity index (χ1n) is 12.0. The number of carbonyl (C=O) groups excluding carboxylic acids is 2. The number of phenolic OH excluding ortho intramolecular Hbond substituents is 1. The van der Waals surface area contributed by atoms with Crippen molar-refractivity contribution >= 4 is 11.8 Å². The van der Waals surface area contributed by atoms with Crippen molar-refractivity contribution in [3.63, 3.8) is 0 Å². The maximum atomic E-state index is 13.3. The Hall–Kier alpha value is -2.86. The first kappa shape index (κ1) is 23.3. The van der Waals surface area contributed by atoms with Crippen molar-refractivity contribution in [2.75, 3.05) is 13.1 Å². The minimum atomic E-state index is -1.34. The average molecular weight is 451 g/mol. The van der Waals surface area contributed by atoms with Gasteiger partial charge in [-0.05, 0) is 55.7 Å². The van der Waals surface area contributed by atoms with Crippen LogP contribution in [0.2, 0.25) is 0 Å². The number of benzene rings is 2. The molecule has 1 saturated heterocycles. The number of phenols is 1. The fourth-order valence-corrected chi connectivity index (χ4v) is 5.39. The third-order valence-electron chi connectivity index (χ3n) is 7.40. The number of fused-ring (bicyclic) bond motifs is 1. The maximum Gasteiger partial charge on any atom is 0.253 e. The van der Waals surface area contributed by atoms with Gasteiger partial charge < -0.3 is 20.4 Å². The number of rotatable bonds is 6. The standard InChI is InChI=1S/C27H34N2O4/c1-18-22(12-7-13-24(18)30)26(32)28-23(16-19-8-3-2-4-9-19)25(31)27(33)29-15-14-20-10-5-6-11-21(20)17-29/h2-4,7-9,12-13,20-21,23,25,30-31H,5-6,10-11,14-17H2,1H3,(H,28,32)/t20-,21+,23-,25-/m0/s1. The molecule has 0 bridgehead atoms. The Kier molecular flexibility index (Phi) is 7.33. The first-order valence-corrected chi connectivity index (χ1v) is 12.0. The van der Waals surface area contributed by atoms with Crippen LogP contribution in [0.4, 0.5) is 0 Å². The molecular formula is C27H34N2O4. The van der Waals surface area contributed by atoms with Crippen LogP contribution in [0.1, 0.15) is 53.6 Å².